The fourth-order valence-electron chi connectivity index (χ4n) is 3.38. The molecule has 0 saturated carbocycles. The van der Waals surface area contributed by atoms with Gasteiger partial charge in [-0.2, -0.15) is 0 Å². The van der Waals surface area contributed by atoms with Gasteiger partial charge in [0.2, 0.25) is 0 Å². The van der Waals surface area contributed by atoms with Crippen molar-refractivity contribution in [2.24, 2.45) is 5.92 Å². The lowest BCUT2D eigenvalue weighted by Crippen LogP contribution is -2.38. The standard InChI is InChI=1S/C21H26BrN3O3/c1-27-19-7-6-15(10-20(19)28-2)12-23-21(26)24-13-16-8-9-25(14-16)18-5-3-4-17(22)11-18/h3-7,10-11,16H,8-9,12-14H2,1-2H3,(H2,23,24,26). The Bertz CT molecular complexity index is 815. The Kier molecular flexibility index (Phi) is 7.03. The molecule has 2 aromatic carbocycles. The molecule has 1 aliphatic rings. The summed E-state index contributed by atoms with van der Waals surface area (Å²) in [6.45, 7) is 3.06. The van der Waals surface area contributed by atoms with Crippen LogP contribution in [0.2, 0.25) is 0 Å². The van der Waals surface area contributed by atoms with Crippen LogP contribution in [0.15, 0.2) is 46.9 Å². The van der Waals surface area contributed by atoms with Crippen molar-refractivity contribution >= 4 is 27.6 Å². The van der Waals surface area contributed by atoms with Crippen molar-refractivity contribution in [3.05, 3.63) is 52.5 Å². The number of rotatable bonds is 7. The van der Waals surface area contributed by atoms with Crippen LogP contribution in [0, 0.1) is 5.92 Å². The number of hydrogen-bond acceptors (Lipinski definition) is 4. The lowest BCUT2D eigenvalue weighted by molar-refractivity contribution is 0.239. The van der Waals surface area contributed by atoms with Crippen LogP contribution < -0.4 is 25.0 Å². The minimum atomic E-state index is -0.157. The monoisotopic (exact) mass is 447 g/mol. The summed E-state index contributed by atoms with van der Waals surface area (Å²) >= 11 is 3.52. The lowest BCUT2D eigenvalue weighted by Gasteiger charge is -2.19. The molecule has 2 N–H and O–H groups in total. The van der Waals surface area contributed by atoms with Crippen molar-refractivity contribution < 1.29 is 14.3 Å². The molecule has 2 aromatic rings. The Morgan fingerprint density at radius 1 is 1.14 bits per heavy atom. The van der Waals surface area contributed by atoms with Crippen LogP contribution in [0.3, 0.4) is 0 Å². The van der Waals surface area contributed by atoms with Crippen LogP contribution in [-0.2, 0) is 6.54 Å². The summed E-state index contributed by atoms with van der Waals surface area (Å²) in [5.74, 6) is 1.78. The van der Waals surface area contributed by atoms with Gasteiger partial charge >= 0.3 is 6.03 Å². The number of hydrogen-bond donors (Lipinski definition) is 2. The number of benzene rings is 2. The van der Waals surface area contributed by atoms with E-state index in [-0.39, 0.29) is 6.03 Å². The predicted octanol–water partition coefficient (Wildman–Crippen LogP) is 3.79. The van der Waals surface area contributed by atoms with Crippen molar-refractivity contribution in [2.45, 2.75) is 13.0 Å². The van der Waals surface area contributed by atoms with Crippen molar-refractivity contribution in [3.63, 3.8) is 0 Å². The molecular weight excluding hydrogens is 422 g/mol. The molecule has 1 heterocycles. The number of halogens is 1. The fraction of sp³-hybridized carbons (Fsp3) is 0.381. The third kappa shape index (κ3) is 5.32. The van der Waals surface area contributed by atoms with E-state index in [4.69, 9.17) is 9.47 Å². The van der Waals surface area contributed by atoms with E-state index in [1.807, 2.05) is 30.3 Å². The number of anilines is 1. The first-order valence-electron chi connectivity index (χ1n) is 9.32. The van der Waals surface area contributed by atoms with E-state index in [0.717, 1.165) is 29.5 Å². The second-order valence-corrected chi connectivity index (χ2v) is 7.75. The second-order valence-electron chi connectivity index (χ2n) is 6.83. The molecule has 28 heavy (non-hydrogen) atoms. The van der Waals surface area contributed by atoms with E-state index in [1.54, 1.807) is 14.2 Å². The van der Waals surface area contributed by atoms with Gasteiger partial charge in [-0.15, -0.1) is 0 Å². The minimum absolute atomic E-state index is 0.157. The Hall–Kier alpha value is -2.41. The van der Waals surface area contributed by atoms with E-state index < -0.39 is 0 Å². The number of amides is 2. The van der Waals surface area contributed by atoms with Gasteiger partial charge in [0.15, 0.2) is 11.5 Å². The van der Waals surface area contributed by atoms with Crippen LogP contribution in [0.25, 0.3) is 0 Å². The smallest absolute Gasteiger partial charge is 0.315 e. The van der Waals surface area contributed by atoms with Crippen molar-refractivity contribution in [1.29, 1.82) is 0 Å². The first-order valence-corrected chi connectivity index (χ1v) is 10.1. The number of carbonyl (C=O) groups excluding carboxylic acids is 1. The summed E-state index contributed by atoms with van der Waals surface area (Å²) < 4.78 is 11.6. The molecule has 1 saturated heterocycles. The van der Waals surface area contributed by atoms with Gasteiger partial charge in [-0.25, -0.2) is 4.79 Å². The van der Waals surface area contributed by atoms with Crippen molar-refractivity contribution in [1.82, 2.24) is 10.6 Å². The average molecular weight is 448 g/mol. The molecule has 0 aliphatic carbocycles. The average Bonchev–Trinajstić information content (AvgIpc) is 3.19. The molecule has 0 spiro atoms. The van der Waals surface area contributed by atoms with Crippen LogP contribution >= 0.6 is 15.9 Å². The molecule has 0 bridgehead atoms. The predicted molar refractivity (Wildman–Crippen MR) is 114 cm³/mol. The van der Waals surface area contributed by atoms with Crippen LogP contribution in [0.1, 0.15) is 12.0 Å². The van der Waals surface area contributed by atoms with Crippen LogP contribution in [-0.4, -0.2) is 39.9 Å². The zero-order chi connectivity index (χ0) is 19.9. The maximum atomic E-state index is 12.1. The van der Waals surface area contributed by atoms with Crippen molar-refractivity contribution in [3.8, 4) is 11.5 Å². The summed E-state index contributed by atoms with van der Waals surface area (Å²) in [6, 6.07) is 13.8. The fourth-order valence-corrected chi connectivity index (χ4v) is 3.77. The second kappa shape index (κ2) is 9.68. The molecule has 0 radical (unpaired) electrons. The van der Waals surface area contributed by atoms with Crippen LogP contribution in [0.4, 0.5) is 10.5 Å². The molecule has 3 rings (SSSR count). The summed E-state index contributed by atoms with van der Waals surface area (Å²) in [5, 5.41) is 5.88. The topological polar surface area (TPSA) is 62.8 Å². The first-order chi connectivity index (χ1) is 13.6. The number of nitrogens with zero attached hydrogens (tertiary/aromatic N) is 1. The normalized spacial score (nSPS) is 16.0. The van der Waals surface area contributed by atoms with Gasteiger partial charge in [0, 0.05) is 36.3 Å². The number of urea groups is 1. The summed E-state index contributed by atoms with van der Waals surface area (Å²) in [7, 11) is 3.20. The first kappa shape index (κ1) is 20.3. The van der Waals surface area contributed by atoms with Gasteiger partial charge in [0.05, 0.1) is 14.2 Å². The number of methoxy groups -OCH3 is 2. The maximum absolute atomic E-state index is 12.1. The zero-order valence-electron chi connectivity index (χ0n) is 16.2. The van der Waals surface area contributed by atoms with Crippen molar-refractivity contribution in [2.75, 3.05) is 38.8 Å². The Morgan fingerprint density at radius 3 is 2.71 bits per heavy atom. The van der Waals surface area contributed by atoms with E-state index in [1.165, 1.54) is 5.69 Å². The highest BCUT2D eigenvalue weighted by Gasteiger charge is 2.23. The van der Waals surface area contributed by atoms with Gasteiger partial charge < -0.3 is 25.0 Å². The summed E-state index contributed by atoms with van der Waals surface area (Å²) in [6.07, 6.45) is 1.07. The quantitative estimate of drug-likeness (QED) is 0.677. The van der Waals surface area contributed by atoms with Crippen LogP contribution in [0.5, 0.6) is 11.5 Å². The third-order valence-corrected chi connectivity index (χ3v) is 5.40. The number of ether oxygens (including phenoxy) is 2. The molecule has 6 nitrogen and oxygen atoms in total. The van der Waals surface area contributed by atoms with E-state index in [0.29, 0.717) is 30.5 Å². The molecule has 150 valence electrons. The van der Waals surface area contributed by atoms with Gasteiger partial charge in [0.1, 0.15) is 0 Å². The molecule has 1 unspecified atom stereocenters. The van der Waals surface area contributed by atoms with Gasteiger partial charge in [0.25, 0.3) is 0 Å². The SMILES string of the molecule is COc1ccc(CNC(=O)NCC2CCN(c3cccc(Br)c3)C2)cc1OC. The Morgan fingerprint density at radius 2 is 1.96 bits per heavy atom. The summed E-state index contributed by atoms with van der Waals surface area (Å²) in [5.41, 5.74) is 2.17. The molecule has 1 atom stereocenters. The van der Waals surface area contributed by atoms with E-state index in [2.05, 4.69) is 43.6 Å². The Labute approximate surface area is 174 Å². The molecule has 0 aromatic heterocycles. The van der Waals surface area contributed by atoms with E-state index in [9.17, 15) is 4.79 Å². The highest BCUT2D eigenvalue weighted by atomic mass is 79.9. The van der Waals surface area contributed by atoms with Gasteiger partial charge in [-0.05, 0) is 48.2 Å². The molecule has 1 aliphatic heterocycles. The van der Waals surface area contributed by atoms with E-state index >= 15 is 0 Å². The number of nitrogens with one attached hydrogen (secondary N) is 2. The molecule has 1 fully saturated rings. The maximum Gasteiger partial charge on any atom is 0.315 e. The molecule has 7 heteroatoms. The largest absolute Gasteiger partial charge is 0.493 e. The zero-order valence-corrected chi connectivity index (χ0v) is 17.8. The minimum Gasteiger partial charge on any atom is -0.493 e. The third-order valence-electron chi connectivity index (χ3n) is 4.91. The van der Waals surface area contributed by atoms with Gasteiger partial charge in [-0.3, -0.25) is 0 Å². The van der Waals surface area contributed by atoms with Gasteiger partial charge in [-0.1, -0.05) is 28.1 Å². The Balaban J connectivity index is 1.42. The number of carbonyl (C=O) groups is 1. The highest BCUT2D eigenvalue weighted by Crippen LogP contribution is 2.28. The molecule has 2 amide bonds. The summed E-state index contributed by atoms with van der Waals surface area (Å²) in [4.78, 5) is 14.5. The lowest BCUT2D eigenvalue weighted by atomic mass is 10.1. The highest BCUT2D eigenvalue weighted by molar-refractivity contribution is 9.10. The molecular formula is C21H26BrN3O3.